The molecule has 2 unspecified atom stereocenters. The summed E-state index contributed by atoms with van der Waals surface area (Å²) in [4.78, 5) is 40.3. The minimum atomic E-state index is -0.258. The summed E-state index contributed by atoms with van der Waals surface area (Å²) in [5, 5.41) is 0. The Labute approximate surface area is 174 Å². The second-order valence-corrected chi connectivity index (χ2v) is 8.01. The summed E-state index contributed by atoms with van der Waals surface area (Å²) in [6.07, 6.45) is 3.84. The molecule has 160 valence electrons. The topological polar surface area (TPSA) is 66.9 Å². The second-order valence-electron chi connectivity index (χ2n) is 8.01. The molecule has 0 aliphatic carbocycles. The highest BCUT2D eigenvalue weighted by molar-refractivity contribution is 5.85. The lowest BCUT2D eigenvalue weighted by Crippen LogP contribution is -2.47. The molecule has 1 aromatic rings. The van der Waals surface area contributed by atoms with Crippen LogP contribution in [-0.2, 0) is 25.5 Å². The Balaban J connectivity index is 1.76. The molecular formula is C23H34N2O4. The number of amides is 2. The largest absolute Gasteiger partial charge is 0.466 e. The van der Waals surface area contributed by atoms with Gasteiger partial charge in [-0.15, -0.1) is 0 Å². The van der Waals surface area contributed by atoms with Crippen LogP contribution in [0.1, 0.15) is 45.1 Å². The number of carbonyl (C=O) groups is 3. The molecule has 1 aromatic carbocycles. The summed E-state index contributed by atoms with van der Waals surface area (Å²) in [6.45, 7) is 5.27. The molecule has 0 bridgehead atoms. The fourth-order valence-electron chi connectivity index (χ4n) is 3.66. The number of rotatable bonds is 9. The highest BCUT2D eigenvalue weighted by atomic mass is 16.5. The Kier molecular flexibility index (Phi) is 9.16. The van der Waals surface area contributed by atoms with Crippen molar-refractivity contribution in [3.63, 3.8) is 0 Å². The number of hydrogen-bond acceptors (Lipinski definition) is 4. The van der Waals surface area contributed by atoms with Gasteiger partial charge in [0.2, 0.25) is 11.8 Å². The van der Waals surface area contributed by atoms with Crippen molar-refractivity contribution in [2.45, 2.75) is 46.0 Å². The minimum Gasteiger partial charge on any atom is -0.466 e. The summed E-state index contributed by atoms with van der Waals surface area (Å²) >= 11 is 0. The van der Waals surface area contributed by atoms with Crippen LogP contribution in [0.25, 0.3) is 0 Å². The molecule has 6 heteroatoms. The molecule has 0 spiro atoms. The summed E-state index contributed by atoms with van der Waals surface area (Å²) < 4.78 is 5.09. The lowest BCUT2D eigenvalue weighted by atomic mass is 9.97. The maximum absolute atomic E-state index is 12.6. The lowest BCUT2D eigenvalue weighted by Gasteiger charge is -2.32. The third-order valence-corrected chi connectivity index (χ3v) is 5.48. The molecule has 1 heterocycles. The molecule has 0 saturated carbocycles. The number of aryl methyl sites for hydroxylation is 1. The van der Waals surface area contributed by atoms with Crippen molar-refractivity contribution in [1.29, 1.82) is 0 Å². The standard InChI is InChI=1S/C23H34N2O4/c1-4-29-23(28)20-11-8-14-25(16-20)22(27)17-24(3)21(26)15-18(2)12-13-19-9-6-5-7-10-19/h5-7,9-10,18,20H,4,8,11-17H2,1-3H3. The van der Waals surface area contributed by atoms with E-state index in [9.17, 15) is 14.4 Å². The summed E-state index contributed by atoms with van der Waals surface area (Å²) in [5.41, 5.74) is 1.27. The van der Waals surface area contributed by atoms with Crippen molar-refractivity contribution < 1.29 is 19.1 Å². The van der Waals surface area contributed by atoms with E-state index in [4.69, 9.17) is 4.74 Å². The second kappa shape index (κ2) is 11.6. The predicted molar refractivity (Wildman–Crippen MR) is 112 cm³/mol. The molecule has 2 atom stereocenters. The van der Waals surface area contributed by atoms with Gasteiger partial charge in [0.15, 0.2) is 0 Å². The summed E-state index contributed by atoms with van der Waals surface area (Å²) in [5.74, 6) is -0.360. The van der Waals surface area contributed by atoms with Crippen LogP contribution in [0.4, 0.5) is 0 Å². The Morgan fingerprint density at radius 2 is 1.97 bits per heavy atom. The number of esters is 1. The van der Waals surface area contributed by atoms with Crippen molar-refractivity contribution in [3.8, 4) is 0 Å². The van der Waals surface area contributed by atoms with Gasteiger partial charge < -0.3 is 14.5 Å². The first-order valence-corrected chi connectivity index (χ1v) is 10.6. The average molecular weight is 403 g/mol. The number of hydrogen-bond donors (Lipinski definition) is 0. The maximum Gasteiger partial charge on any atom is 0.310 e. The molecule has 0 radical (unpaired) electrons. The normalized spacial score (nSPS) is 17.5. The van der Waals surface area contributed by atoms with Crippen LogP contribution in [0.2, 0.25) is 0 Å². The highest BCUT2D eigenvalue weighted by Gasteiger charge is 2.30. The minimum absolute atomic E-state index is 0.0159. The molecule has 1 aliphatic heterocycles. The van der Waals surface area contributed by atoms with Gasteiger partial charge in [-0.3, -0.25) is 14.4 Å². The van der Waals surface area contributed by atoms with E-state index in [1.807, 2.05) is 18.2 Å². The molecule has 2 amide bonds. The van der Waals surface area contributed by atoms with Crippen LogP contribution in [0, 0.1) is 11.8 Å². The van der Waals surface area contributed by atoms with Gasteiger partial charge >= 0.3 is 5.97 Å². The maximum atomic E-state index is 12.6. The SMILES string of the molecule is CCOC(=O)C1CCCN(C(=O)CN(C)C(=O)CC(C)CCc2ccccc2)C1. The summed E-state index contributed by atoms with van der Waals surface area (Å²) in [7, 11) is 1.68. The molecule has 6 nitrogen and oxygen atoms in total. The first-order chi connectivity index (χ1) is 13.9. The van der Waals surface area contributed by atoms with E-state index in [1.54, 1.807) is 18.9 Å². The van der Waals surface area contributed by atoms with Crippen molar-refractivity contribution in [2.24, 2.45) is 11.8 Å². The van der Waals surface area contributed by atoms with E-state index in [2.05, 4.69) is 19.1 Å². The highest BCUT2D eigenvalue weighted by Crippen LogP contribution is 2.19. The molecule has 0 N–H and O–H groups in total. The summed E-state index contributed by atoms with van der Waals surface area (Å²) in [6, 6.07) is 10.2. The van der Waals surface area contributed by atoms with Crippen molar-refractivity contribution in [1.82, 2.24) is 9.80 Å². The van der Waals surface area contributed by atoms with Gasteiger partial charge in [0.1, 0.15) is 0 Å². The number of carbonyl (C=O) groups excluding carboxylic acids is 3. The number of benzene rings is 1. The zero-order chi connectivity index (χ0) is 21.2. The van der Waals surface area contributed by atoms with Gasteiger partial charge in [-0.25, -0.2) is 0 Å². The van der Waals surface area contributed by atoms with E-state index in [1.165, 1.54) is 10.5 Å². The molecule has 1 fully saturated rings. The van der Waals surface area contributed by atoms with E-state index < -0.39 is 0 Å². The van der Waals surface area contributed by atoms with Crippen LogP contribution >= 0.6 is 0 Å². The first kappa shape index (κ1) is 22.9. The van der Waals surface area contributed by atoms with E-state index in [0.717, 1.165) is 25.7 Å². The zero-order valence-corrected chi connectivity index (χ0v) is 17.9. The van der Waals surface area contributed by atoms with E-state index >= 15 is 0 Å². The van der Waals surface area contributed by atoms with Crippen LogP contribution in [0.3, 0.4) is 0 Å². The zero-order valence-electron chi connectivity index (χ0n) is 17.9. The Bertz CT molecular complexity index is 677. The third kappa shape index (κ3) is 7.52. The monoisotopic (exact) mass is 402 g/mol. The van der Waals surface area contributed by atoms with Gasteiger partial charge in [0.25, 0.3) is 0 Å². The van der Waals surface area contributed by atoms with Gasteiger partial charge in [0, 0.05) is 26.6 Å². The van der Waals surface area contributed by atoms with E-state index in [-0.39, 0.29) is 36.2 Å². The molecule has 29 heavy (non-hydrogen) atoms. The van der Waals surface area contributed by atoms with Crippen LogP contribution in [-0.4, -0.2) is 60.9 Å². The molecule has 1 saturated heterocycles. The molecular weight excluding hydrogens is 368 g/mol. The number of likely N-dealkylation sites (tertiary alicyclic amines) is 1. The van der Waals surface area contributed by atoms with Gasteiger partial charge in [0.05, 0.1) is 19.1 Å². The predicted octanol–water partition coefficient (Wildman–Crippen LogP) is 2.91. The number of piperidine rings is 1. The Morgan fingerprint density at radius 3 is 2.66 bits per heavy atom. The van der Waals surface area contributed by atoms with Crippen LogP contribution in [0.15, 0.2) is 30.3 Å². The number of nitrogens with zero attached hydrogens (tertiary/aromatic N) is 2. The van der Waals surface area contributed by atoms with Gasteiger partial charge in [-0.1, -0.05) is 37.3 Å². The molecule has 0 aromatic heterocycles. The van der Waals surface area contributed by atoms with Gasteiger partial charge in [-0.05, 0) is 44.1 Å². The van der Waals surface area contributed by atoms with Crippen LogP contribution in [0.5, 0.6) is 0 Å². The van der Waals surface area contributed by atoms with Crippen molar-refractivity contribution in [3.05, 3.63) is 35.9 Å². The lowest BCUT2D eigenvalue weighted by molar-refractivity contribution is -0.152. The number of likely N-dealkylation sites (N-methyl/N-ethyl adjacent to an activating group) is 1. The Morgan fingerprint density at radius 1 is 1.24 bits per heavy atom. The van der Waals surface area contributed by atoms with Gasteiger partial charge in [-0.2, -0.15) is 0 Å². The van der Waals surface area contributed by atoms with Crippen LogP contribution < -0.4 is 0 Å². The molecule has 1 aliphatic rings. The smallest absolute Gasteiger partial charge is 0.310 e. The fraction of sp³-hybridized carbons (Fsp3) is 0.609. The number of ether oxygens (including phenoxy) is 1. The fourth-order valence-corrected chi connectivity index (χ4v) is 3.66. The van der Waals surface area contributed by atoms with E-state index in [0.29, 0.717) is 26.1 Å². The quantitative estimate of drug-likeness (QED) is 0.596. The first-order valence-electron chi connectivity index (χ1n) is 10.6. The average Bonchev–Trinajstić information content (AvgIpc) is 2.73. The third-order valence-electron chi connectivity index (χ3n) is 5.48. The Hall–Kier alpha value is -2.37. The van der Waals surface area contributed by atoms with Crippen molar-refractivity contribution >= 4 is 17.8 Å². The molecule has 2 rings (SSSR count). The van der Waals surface area contributed by atoms with Crippen molar-refractivity contribution in [2.75, 3.05) is 33.3 Å².